The highest BCUT2D eigenvalue weighted by Gasteiger charge is 2.28. The van der Waals surface area contributed by atoms with Gasteiger partial charge in [0, 0.05) is 6.20 Å². The van der Waals surface area contributed by atoms with E-state index in [2.05, 4.69) is 25.9 Å². The molecule has 8 heteroatoms. The number of nitrogens with one attached hydrogen (secondary N) is 2. The number of hydroxylamine groups is 1. The van der Waals surface area contributed by atoms with Crippen LogP contribution in [0.5, 0.6) is 0 Å². The molecule has 4 rings (SSSR count). The Morgan fingerprint density at radius 2 is 2.15 bits per heavy atom. The molecule has 26 heavy (non-hydrogen) atoms. The largest absolute Gasteiger partial charge is 0.363 e. The van der Waals surface area contributed by atoms with Gasteiger partial charge in [0.2, 0.25) is 0 Å². The number of fused-ring (bicyclic) bond motifs is 1. The highest BCUT2D eigenvalue weighted by Crippen LogP contribution is 2.22. The van der Waals surface area contributed by atoms with Gasteiger partial charge < -0.3 is 5.32 Å². The fourth-order valence-electron chi connectivity index (χ4n) is 2.80. The Morgan fingerprint density at radius 3 is 2.88 bits per heavy atom. The number of aromatic nitrogens is 3. The van der Waals surface area contributed by atoms with Crippen molar-refractivity contribution >= 4 is 17.3 Å². The average molecular weight is 354 g/mol. The minimum atomic E-state index is -0.634. The van der Waals surface area contributed by atoms with Crippen LogP contribution in [0.1, 0.15) is 37.9 Å². The highest BCUT2D eigenvalue weighted by molar-refractivity contribution is 6.03. The van der Waals surface area contributed by atoms with Crippen LogP contribution in [-0.2, 0) is 4.84 Å². The summed E-state index contributed by atoms with van der Waals surface area (Å²) in [4.78, 5) is 14.5. The Morgan fingerprint density at radius 1 is 1.31 bits per heavy atom. The van der Waals surface area contributed by atoms with Crippen molar-refractivity contribution in [3.63, 3.8) is 0 Å². The van der Waals surface area contributed by atoms with Gasteiger partial charge in [-0.1, -0.05) is 12.1 Å². The first-order valence-corrected chi connectivity index (χ1v) is 8.32. The molecular formula is C18H19FN6O. The molecule has 0 spiro atoms. The Kier molecular flexibility index (Phi) is 3.84. The third-order valence-electron chi connectivity index (χ3n) is 4.12. The summed E-state index contributed by atoms with van der Waals surface area (Å²) >= 11 is 0. The van der Waals surface area contributed by atoms with E-state index in [0.29, 0.717) is 17.3 Å². The molecule has 0 amide bonds. The Bertz CT molecular complexity index is 996. The second-order valence-corrected chi connectivity index (χ2v) is 6.67. The molecule has 3 aromatic rings. The van der Waals surface area contributed by atoms with E-state index in [1.165, 1.54) is 12.1 Å². The summed E-state index contributed by atoms with van der Waals surface area (Å²) in [5, 5.41) is 7.59. The van der Waals surface area contributed by atoms with Crippen molar-refractivity contribution in [3.8, 4) is 0 Å². The van der Waals surface area contributed by atoms with Crippen LogP contribution in [0.2, 0.25) is 0 Å². The number of aliphatic imine (C=N–C) groups is 1. The summed E-state index contributed by atoms with van der Waals surface area (Å²) in [7, 11) is 0. The third-order valence-corrected chi connectivity index (χ3v) is 4.12. The van der Waals surface area contributed by atoms with Crippen LogP contribution >= 0.6 is 0 Å². The first-order chi connectivity index (χ1) is 12.4. The molecule has 1 atom stereocenters. The molecule has 1 unspecified atom stereocenters. The molecular weight excluding hydrogens is 335 g/mol. The Balaban J connectivity index is 1.64. The number of nitrogens with zero attached hydrogens (tertiary/aromatic N) is 4. The van der Waals surface area contributed by atoms with Crippen LogP contribution in [0.3, 0.4) is 0 Å². The Labute approximate surface area is 149 Å². The number of anilines is 1. The first kappa shape index (κ1) is 16.5. The van der Waals surface area contributed by atoms with Crippen molar-refractivity contribution in [3.05, 3.63) is 59.7 Å². The molecule has 2 aromatic heterocycles. The zero-order valence-electron chi connectivity index (χ0n) is 14.7. The number of rotatable bonds is 4. The predicted octanol–water partition coefficient (Wildman–Crippen LogP) is 3.06. The van der Waals surface area contributed by atoms with Gasteiger partial charge in [-0.3, -0.25) is 0 Å². The molecule has 2 N–H and O–H groups in total. The first-order valence-electron chi connectivity index (χ1n) is 8.32. The van der Waals surface area contributed by atoms with E-state index in [9.17, 15) is 4.39 Å². The number of amidine groups is 1. The maximum absolute atomic E-state index is 13.4. The normalized spacial score (nSPS) is 17.0. The van der Waals surface area contributed by atoms with Gasteiger partial charge >= 0.3 is 0 Å². The topological polar surface area (TPSA) is 75.8 Å². The molecule has 0 saturated heterocycles. The lowest BCUT2D eigenvalue weighted by Crippen LogP contribution is -2.23. The summed E-state index contributed by atoms with van der Waals surface area (Å²) < 4.78 is 15.1. The minimum absolute atomic E-state index is 0.101. The number of hydrogen-bond donors (Lipinski definition) is 2. The SMILES string of the molecule is CC(Nc1ccn2ncc(C3=NC(C)(C)ON3)c2n1)c1cccc(F)c1. The number of halogens is 1. The molecule has 0 aliphatic carbocycles. The van der Waals surface area contributed by atoms with Crippen LogP contribution in [0.15, 0.2) is 47.7 Å². The van der Waals surface area contributed by atoms with Crippen molar-refractivity contribution in [1.82, 2.24) is 20.1 Å². The lowest BCUT2D eigenvalue weighted by molar-refractivity contribution is -0.0269. The van der Waals surface area contributed by atoms with Crippen molar-refractivity contribution in [2.45, 2.75) is 32.5 Å². The quantitative estimate of drug-likeness (QED) is 0.753. The molecule has 0 radical (unpaired) electrons. The van der Waals surface area contributed by atoms with E-state index in [-0.39, 0.29) is 11.9 Å². The van der Waals surface area contributed by atoms with Crippen molar-refractivity contribution in [2.75, 3.05) is 5.32 Å². The minimum Gasteiger partial charge on any atom is -0.363 e. The summed E-state index contributed by atoms with van der Waals surface area (Å²) in [5.74, 6) is 0.994. The second kappa shape index (κ2) is 6.06. The third kappa shape index (κ3) is 3.11. The number of benzene rings is 1. The fraction of sp³-hybridized carbons (Fsp3) is 0.278. The zero-order chi connectivity index (χ0) is 18.3. The molecule has 1 aliphatic heterocycles. The van der Waals surface area contributed by atoms with Crippen molar-refractivity contribution < 1.29 is 9.23 Å². The van der Waals surface area contributed by atoms with E-state index in [1.54, 1.807) is 16.8 Å². The molecule has 0 saturated carbocycles. The Hall–Kier alpha value is -3.00. The van der Waals surface area contributed by atoms with Crippen molar-refractivity contribution in [1.29, 1.82) is 0 Å². The standard InChI is InChI=1S/C18H19FN6O/c1-11(12-5-4-6-13(19)9-12)21-15-7-8-25-17(22-15)14(10-20-25)16-23-18(2,3)26-24-16/h4-11H,1-3H3,(H,21,22)(H,23,24). The predicted molar refractivity (Wildman–Crippen MR) is 96.3 cm³/mol. The zero-order valence-corrected chi connectivity index (χ0v) is 14.7. The van der Waals surface area contributed by atoms with Gasteiger partial charge in [0.25, 0.3) is 0 Å². The van der Waals surface area contributed by atoms with Gasteiger partial charge in [-0.2, -0.15) is 5.10 Å². The molecule has 0 bridgehead atoms. The van der Waals surface area contributed by atoms with Crippen LogP contribution in [0.25, 0.3) is 5.65 Å². The summed E-state index contributed by atoms with van der Waals surface area (Å²) in [6.07, 6.45) is 3.51. The van der Waals surface area contributed by atoms with Gasteiger partial charge in [0.15, 0.2) is 17.2 Å². The summed E-state index contributed by atoms with van der Waals surface area (Å²) in [6, 6.07) is 8.23. The maximum atomic E-state index is 13.4. The van der Waals surface area contributed by atoms with E-state index in [0.717, 1.165) is 11.1 Å². The lowest BCUT2D eigenvalue weighted by atomic mass is 10.1. The second-order valence-electron chi connectivity index (χ2n) is 6.67. The van der Waals surface area contributed by atoms with Gasteiger partial charge in [0.05, 0.1) is 17.8 Å². The monoisotopic (exact) mass is 354 g/mol. The van der Waals surface area contributed by atoms with Crippen LogP contribution < -0.4 is 10.8 Å². The van der Waals surface area contributed by atoms with E-state index in [4.69, 9.17) is 4.84 Å². The number of hydrogen-bond acceptors (Lipinski definition) is 6. The summed E-state index contributed by atoms with van der Waals surface area (Å²) in [6.45, 7) is 5.68. The van der Waals surface area contributed by atoms with Crippen LogP contribution in [-0.4, -0.2) is 26.2 Å². The van der Waals surface area contributed by atoms with E-state index >= 15 is 0 Å². The van der Waals surface area contributed by atoms with Gasteiger partial charge in [-0.15, -0.1) is 0 Å². The van der Waals surface area contributed by atoms with Gasteiger partial charge in [0.1, 0.15) is 11.6 Å². The molecule has 1 aliphatic rings. The van der Waals surface area contributed by atoms with Gasteiger partial charge in [-0.25, -0.2) is 29.2 Å². The van der Waals surface area contributed by atoms with Gasteiger partial charge in [-0.05, 0) is 44.5 Å². The summed E-state index contributed by atoms with van der Waals surface area (Å²) in [5.41, 5.74) is 4.43. The molecule has 7 nitrogen and oxygen atoms in total. The molecule has 1 aromatic carbocycles. The molecule has 3 heterocycles. The fourth-order valence-corrected chi connectivity index (χ4v) is 2.80. The van der Waals surface area contributed by atoms with E-state index in [1.807, 2.05) is 39.1 Å². The maximum Gasteiger partial charge on any atom is 0.182 e. The van der Waals surface area contributed by atoms with E-state index < -0.39 is 5.72 Å². The van der Waals surface area contributed by atoms with Crippen LogP contribution in [0, 0.1) is 5.82 Å². The van der Waals surface area contributed by atoms with Crippen LogP contribution in [0.4, 0.5) is 10.2 Å². The molecule has 134 valence electrons. The highest BCUT2D eigenvalue weighted by atomic mass is 19.1. The van der Waals surface area contributed by atoms with Crippen molar-refractivity contribution in [2.24, 2.45) is 4.99 Å². The smallest absolute Gasteiger partial charge is 0.182 e. The average Bonchev–Trinajstić information content (AvgIpc) is 3.17. The lowest BCUT2D eigenvalue weighted by Gasteiger charge is -2.15. The molecule has 0 fully saturated rings.